The fourth-order valence-corrected chi connectivity index (χ4v) is 49.5. The Morgan fingerprint density at radius 2 is 0.909 bits per heavy atom. The molecule has 0 saturated carbocycles. The van der Waals surface area contributed by atoms with Crippen molar-refractivity contribution in [3.8, 4) is 0 Å². The Kier molecular flexibility index (Phi) is 8.97. The molecule has 0 N–H and O–H groups in total. The molecule has 0 amide bonds. The fourth-order valence-electron chi connectivity index (χ4n) is 9.08. The molecule has 0 spiro atoms. The molecule has 6 rings (SSSR count). The van der Waals surface area contributed by atoms with Gasteiger partial charge in [-0.25, -0.2) is 0 Å². The van der Waals surface area contributed by atoms with Gasteiger partial charge in [-0.05, 0) is 0 Å². The molecule has 4 aromatic carbocycles. The molecule has 0 bridgehead atoms. The molecule has 2 aliphatic rings. The van der Waals surface area contributed by atoms with Crippen molar-refractivity contribution < 1.29 is 15.6 Å². The Labute approximate surface area is 274 Å². The van der Waals surface area contributed by atoms with Gasteiger partial charge in [-0.3, -0.25) is 0 Å². The molecule has 2 atom stereocenters. The third kappa shape index (κ3) is 4.53. The first kappa shape index (κ1) is 32.0. The minimum absolute atomic E-state index is 0.433. The average molecular weight is 716 g/mol. The van der Waals surface area contributed by atoms with E-state index in [0.717, 1.165) is 38.5 Å². The zero-order chi connectivity index (χ0) is 31.0. The average Bonchev–Trinajstić information content (AvgIpc) is 3.52. The molecule has 0 aliphatic heterocycles. The maximum absolute atomic E-state index is 9.23. The second-order valence-electron chi connectivity index (χ2n) is 13.4. The third-order valence-electron chi connectivity index (χ3n) is 10.8. The molecule has 0 heterocycles. The van der Waals surface area contributed by atoms with Gasteiger partial charge in [0.25, 0.3) is 0 Å². The van der Waals surface area contributed by atoms with E-state index >= 15 is 0 Å². The summed E-state index contributed by atoms with van der Waals surface area (Å²) in [5, 5.41) is 0. The Bertz CT molecular complexity index is 1590. The SMILES string of the molecule is CCCC1=Cc2ccccc2[C]1(Cc1ccccc1)[Zr]([Cl])([Cl])([SiH](C)C)[C]1(Cc2ccccc2)C(CCC)=Cc2ccccc21. The summed E-state index contributed by atoms with van der Waals surface area (Å²) in [6, 6.07) is 40.3. The second-order valence-corrected chi connectivity index (χ2v) is 55.3. The maximum atomic E-state index is 9.23. The molecule has 0 fully saturated rings. The van der Waals surface area contributed by atoms with E-state index in [4.69, 9.17) is 0 Å². The molecular formula is C40H45Cl2SiZr. The molecular weight excluding hydrogens is 671 g/mol. The van der Waals surface area contributed by atoms with Crippen molar-refractivity contribution in [2.75, 3.05) is 0 Å². The van der Waals surface area contributed by atoms with Crippen LogP contribution >= 0.6 is 17.0 Å². The van der Waals surface area contributed by atoms with Crippen LogP contribution in [0.4, 0.5) is 0 Å². The van der Waals surface area contributed by atoms with Gasteiger partial charge in [-0.2, -0.15) is 0 Å². The Morgan fingerprint density at radius 1 is 0.545 bits per heavy atom. The van der Waals surface area contributed by atoms with Gasteiger partial charge in [0, 0.05) is 0 Å². The van der Waals surface area contributed by atoms with Gasteiger partial charge < -0.3 is 0 Å². The molecule has 227 valence electrons. The van der Waals surface area contributed by atoms with Crippen LogP contribution in [-0.4, -0.2) is 5.92 Å². The molecule has 0 nitrogen and oxygen atoms in total. The van der Waals surface area contributed by atoms with Crippen LogP contribution in [0.25, 0.3) is 12.2 Å². The Hall–Kier alpha value is -1.96. The number of halogens is 2. The number of hydrogen-bond donors (Lipinski definition) is 0. The van der Waals surface area contributed by atoms with Crippen molar-refractivity contribution in [3.63, 3.8) is 0 Å². The molecule has 4 aromatic rings. The van der Waals surface area contributed by atoms with Crippen molar-refractivity contribution in [3.05, 3.63) is 154 Å². The first-order valence-electron chi connectivity index (χ1n) is 16.5. The monoisotopic (exact) mass is 713 g/mol. The normalized spacial score (nSPS) is 21.8. The van der Waals surface area contributed by atoms with Crippen LogP contribution in [0.2, 0.25) is 13.1 Å². The Balaban J connectivity index is 1.80. The fraction of sp³-hybridized carbons (Fsp3) is 0.300. The van der Waals surface area contributed by atoms with E-state index in [1.807, 2.05) is 0 Å². The van der Waals surface area contributed by atoms with Gasteiger partial charge in [0.15, 0.2) is 0 Å². The van der Waals surface area contributed by atoms with E-state index in [0.29, 0.717) is 0 Å². The molecule has 4 heteroatoms. The summed E-state index contributed by atoms with van der Waals surface area (Å²) in [7, 11) is 18.5. The number of hydrogen-bond acceptors (Lipinski definition) is 0. The van der Waals surface area contributed by atoms with Gasteiger partial charge in [-0.15, -0.1) is 0 Å². The summed E-state index contributed by atoms with van der Waals surface area (Å²) < 4.78 is -0.865. The van der Waals surface area contributed by atoms with Crippen molar-refractivity contribution >= 4 is 35.1 Å². The van der Waals surface area contributed by atoms with Gasteiger partial charge in [0.05, 0.1) is 0 Å². The predicted molar refractivity (Wildman–Crippen MR) is 193 cm³/mol. The van der Waals surface area contributed by atoms with E-state index in [-0.39, 0.29) is 0 Å². The van der Waals surface area contributed by atoms with Crippen LogP contribution in [0.15, 0.2) is 120 Å². The van der Waals surface area contributed by atoms with Crippen LogP contribution in [0, 0.1) is 0 Å². The molecule has 0 radical (unpaired) electrons. The van der Waals surface area contributed by atoms with E-state index in [2.05, 4.69) is 148 Å². The summed E-state index contributed by atoms with van der Waals surface area (Å²) >= 11 is -5.33. The summed E-state index contributed by atoms with van der Waals surface area (Å²) in [5.41, 5.74) is 10.9. The van der Waals surface area contributed by atoms with E-state index in [1.54, 1.807) is 0 Å². The third-order valence-corrected chi connectivity index (χ3v) is 68.2. The van der Waals surface area contributed by atoms with E-state index in [9.17, 15) is 17.0 Å². The number of rotatable bonds is 11. The van der Waals surface area contributed by atoms with E-state index in [1.165, 1.54) is 44.5 Å². The van der Waals surface area contributed by atoms with Crippen LogP contribution in [0.1, 0.15) is 72.9 Å². The minimum atomic E-state index is -5.33. The van der Waals surface area contributed by atoms with Crippen molar-refractivity contribution in [2.24, 2.45) is 0 Å². The van der Waals surface area contributed by atoms with Crippen LogP contribution in [0.5, 0.6) is 0 Å². The van der Waals surface area contributed by atoms with Crippen LogP contribution < -0.4 is 0 Å². The first-order valence-corrected chi connectivity index (χ1v) is 32.4. The zero-order valence-electron chi connectivity index (χ0n) is 26.6. The molecule has 2 unspecified atom stereocenters. The molecule has 2 aliphatic carbocycles. The van der Waals surface area contributed by atoms with Crippen LogP contribution in [0.3, 0.4) is 0 Å². The summed E-state index contributed by atoms with van der Waals surface area (Å²) in [4.78, 5) is 0. The van der Waals surface area contributed by atoms with Gasteiger partial charge in [0.2, 0.25) is 0 Å². The second kappa shape index (κ2) is 12.3. The zero-order valence-corrected chi connectivity index (χ0v) is 31.7. The van der Waals surface area contributed by atoms with Crippen molar-refractivity contribution in [1.29, 1.82) is 0 Å². The number of benzene rings is 4. The molecule has 0 aromatic heterocycles. The molecule has 0 saturated heterocycles. The standard InChI is InChI=1S/2C19H19.C2H7Si.2ClH.Zr/c2*1-2-8-16-14-17-11-6-7-12-18(17)19(16)13-15-9-4-3-5-10-15;1-3-2;;;/h2*3-7,9-12,14H,2,8,13H2,1H3;3H,1-2H3;2*1H;/q;;;;;+2/p-2. The van der Waals surface area contributed by atoms with Crippen molar-refractivity contribution in [1.82, 2.24) is 0 Å². The number of allylic oxidation sites excluding steroid dienone is 2. The van der Waals surface area contributed by atoms with Gasteiger partial charge in [0.1, 0.15) is 0 Å². The van der Waals surface area contributed by atoms with Crippen molar-refractivity contribution in [2.45, 2.75) is 71.7 Å². The predicted octanol–water partition coefficient (Wildman–Crippen LogP) is 11.6. The topological polar surface area (TPSA) is 0 Å². The summed E-state index contributed by atoms with van der Waals surface area (Å²) in [6.07, 6.45) is 10.8. The van der Waals surface area contributed by atoms with Gasteiger partial charge in [-0.1, -0.05) is 0 Å². The van der Waals surface area contributed by atoms with Gasteiger partial charge >= 0.3 is 276 Å². The van der Waals surface area contributed by atoms with E-state index < -0.39 is 27.7 Å². The first-order chi connectivity index (χ1) is 21.2. The Morgan fingerprint density at radius 3 is 1.27 bits per heavy atom. The van der Waals surface area contributed by atoms with Crippen LogP contribution in [-0.2, 0) is 34.6 Å². The summed E-state index contributed by atoms with van der Waals surface area (Å²) in [5.74, 6) is -1.82. The molecule has 44 heavy (non-hydrogen) atoms. The quantitative estimate of drug-likeness (QED) is 0.136. The summed E-state index contributed by atoms with van der Waals surface area (Å²) in [6.45, 7) is 9.62. The number of fused-ring (bicyclic) bond motifs is 2.